The average molecular weight is 316 g/mol. The lowest BCUT2D eigenvalue weighted by atomic mass is 9.78. The predicted octanol–water partition coefficient (Wildman–Crippen LogP) is 3.09. The average Bonchev–Trinajstić information content (AvgIpc) is 2.65. The van der Waals surface area contributed by atoms with Crippen LogP contribution in [0.4, 0.5) is 5.69 Å². The number of rotatable bonds is 3. The van der Waals surface area contributed by atoms with Crippen LogP contribution >= 0.6 is 12.6 Å². The fourth-order valence-electron chi connectivity index (χ4n) is 2.17. The van der Waals surface area contributed by atoms with Gasteiger partial charge in [0.2, 0.25) is 0 Å². The molecular formula is C16H21BN2O2S. The van der Waals surface area contributed by atoms with Crippen LogP contribution in [-0.4, -0.2) is 24.1 Å². The Morgan fingerprint density at radius 3 is 2.36 bits per heavy atom. The van der Waals surface area contributed by atoms with E-state index in [1.54, 1.807) is 12.1 Å². The lowest BCUT2D eigenvalue weighted by molar-refractivity contribution is 0.00578. The van der Waals surface area contributed by atoms with E-state index in [0.29, 0.717) is 17.0 Å². The van der Waals surface area contributed by atoms with Gasteiger partial charge < -0.3 is 15.0 Å². The number of benzene rings is 1. The fraction of sp³-hybridized carbons (Fsp3) is 0.438. The van der Waals surface area contributed by atoms with Gasteiger partial charge in [-0.2, -0.15) is 17.9 Å². The first-order chi connectivity index (χ1) is 10.2. The minimum atomic E-state index is -0.431. The maximum atomic E-state index is 8.93. The molecule has 0 atom stereocenters. The smallest absolute Gasteiger partial charge is 0.400 e. The molecule has 0 spiro atoms. The Kier molecular flexibility index (Phi) is 4.62. The van der Waals surface area contributed by atoms with Gasteiger partial charge in [-0.25, -0.2) is 0 Å². The monoisotopic (exact) mass is 316 g/mol. The zero-order chi connectivity index (χ0) is 16.5. The Morgan fingerprint density at radius 2 is 1.91 bits per heavy atom. The van der Waals surface area contributed by atoms with Crippen molar-refractivity contribution in [3.63, 3.8) is 0 Å². The minimum Gasteiger partial charge on any atom is -0.400 e. The lowest BCUT2D eigenvalue weighted by Crippen LogP contribution is -2.41. The summed E-state index contributed by atoms with van der Waals surface area (Å²) < 4.78 is 12.1. The van der Waals surface area contributed by atoms with E-state index in [0.717, 1.165) is 11.0 Å². The minimum absolute atomic E-state index is 0.386. The molecular weight excluding hydrogens is 295 g/mol. The molecule has 0 radical (unpaired) electrons. The first kappa shape index (κ1) is 16.9. The van der Waals surface area contributed by atoms with Crippen LogP contribution in [0.1, 0.15) is 38.8 Å². The third kappa shape index (κ3) is 3.17. The molecule has 6 heteroatoms. The van der Waals surface area contributed by atoms with E-state index in [-0.39, 0.29) is 11.2 Å². The summed E-state index contributed by atoms with van der Waals surface area (Å²) in [6.07, 6.45) is 1.95. The summed E-state index contributed by atoms with van der Waals surface area (Å²) in [6, 6.07) is 7.39. The highest BCUT2D eigenvalue weighted by Crippen LogP contribution is 2.39. The number of hydrogen-bond donors (Lipinski definition) is 2. The highest BCUT2D eigenvalue weighted by Gasteiger charge is 2.52. The van der Waals surface area contributed by atoms with Crippen molar-refractivity contribution in [1.82, 2.24) is 0 Å². The van der Waals surface area contributed by atoms with Gasteiger partial charge >= 0.3 is 7.12 Å². The molecule has 0 aromatic heterocycles. The Balaban J connectivity index is 2.30. The standard InChI is InChI=1S/C16H21BN2O2S/c1-15(2)16(3,4)21-17(20-15)13(10-22)7-11-5-6-12(9-18)14(19)8-11/h5-8,22H,10,19H2,1-4H3. The van der Waals surface area contributed by atoms with Crippen LogP contribution in [0.15, 0.2) is 23.7 Å². The second kappa shape index (κ2) is 6.00. The molecule has 0 unspecified atom stereocenters. The van der Waals surface area contributed by atoms with Gasteiger partial charge in [0.15, 0.2) is 0 Å². The maximum absolute atomic E-state index is 8.93. The molecule has 1 aromatic rings. The Morgan fingerprint density at radius 1 is 1.32 bits per heavy atom. The van der Waals surface area contributed by atoms with Crippen LogP contribution in [0.25, 0.3) is 6.08 Å². The molecule has 0 amide bonds. The summed E-state index contributed by atoms with van der Waals surface area (Å²) in [5.41, 5.74) is 7.84. The van der Waals surface area contributed by atoms with E-state index < -0.39 is 7.12 Å². The first-order valence-electron chi connectivity index (χ1n) is 7.17. The summed E-state index contributed by atoms with van der Waals surface area (Å²) in [5, 5.41) is 8.93. The van der Waals surface area contributed by atoms with Gasteiger partial charge in [0.1, 0.15) is 6.07 Å². The second-order valence-electron chi connectivity index (χ2n) is 6.42. The van der Waals surface area contributed by atoms with E-state index in [9.17, 15) is 0 Å². The van der Waals surface area contributed by atoms with Crippen molar-refractivity contribution in [2.45, 2.75) is 38.9 Å². The fourth-order valence-corrected chi connectivity index (χ4v) is 2.41. The van der Waals surface area contributed by atoms with Crippen LogP contribution < -0.4 is 5.73 Å². The normalized spacial score (nSPS) is 20.0. The van der Waals surface area contributed by atoms with Gasteiger partial charge in [0, 0.05) is 5.75 Å². The predicted molar refractivity (Wildman–Crippen MR) is 93.5 cm³/mol. The third-order valence-electron chi connectivity index (χ3n) is 4.29. The van der Waals surface area contributed by atoms with Crippen molar-refractivity contribution < 1.29 is 9.31 Å². The Labute approximate surface area is 137 Å². The van der Waals surface area contributed by atoms with Gasteiger partial charge in [0.05, 0.1) is 22.5 Å². The molecule has 0 bridgehead atoms. The number of nitriles is 1. The molecule has 0 aliphatic carbocycles. The van der Waals surface area contributed by atoms with Crippen LogP contribution in [0, 0.1) is 11.3 Å². The molecule has 1 heterocycles. The van der Waals surface area contributed by atoms with Gasteiger partial charge in [-0.1, -0.05) is 12.1 Å². The van der Waals surface area contributed by atoms with Gasteiger partial charge in [-0.05, 0) is 50.9 Å². The van der Waals surface area contributed by atoms with Gasteiger partial charge in [-0.15, -0.1) is 0 Å². The zero-order valence-electron chi connectivity index (χ0n) is 13.4. The van der Waals surface area contributed by atoms with E-state index in [1.807, 2.05) is 39.8 Å². The highest BCUT2D eigenvalue weighted by molar-refractivity contribution is 7.80. The van der Waals surface area contributed by atoms with E-state index in [2.05, 4.69) is 18.7 Å². The topological polar surface area (TPSA) is 68.3 Å². The molecule has 116 valence electrons. The molecule has 2 rings (SSSR count). The summed E-state index contributed by atoms with van der Waals surface area (Å²) in [5.74, 6) is 0.511. The number of anilines is 1. The number of nitrogens with zero attached hydrogens (tertiary/aromatic N) is 1. The molecule has 1 aliphatic heterocycles. The quantitative estimate of drug-likeness (QED) is 0.511. The first-order valence-corrected chi connectivity index (χ1v) is 7.80. The van der Waals surface area contributed by atoms with Crippen LogP contribution in [0.5, 0.6) is 0 Å². The SMILES string of the molecule is CC1(C)OB(C(=Cc2ccc(C#N)c(N)c2)CS)OC1(C)C. The molecule has 0 saturated carbocycles. The third-order valence-corrected chi connectivity index (χ3v) is 4.65. The van der Waals surface area contributed by atoms with E-state index in [4.69, 9.17) is 20.3 Å². The van der Waals surface area contributed by atoms with Crippen molar-refractivity contribution in [2.75, 3.05) is 11.5 Å². The van der Waals surface area contributed by atoms with Crippen LogP contribution in [0.3, 0.4) is 0 Å². The summed E-state index contributed by atoms with van der Waals surface area (Å²) in [6.45, 7) is 8.07. The zero-order valence-corrected chi connectivity index (χ0v) is 14.3. The van der Waals surface area contributed by atoms with Crippen LogP contribution in [0.2, 0.25) is 0 Å². The molecule has 4 nitrogen and oxygen atoms in total. The molecule has 1 aromatic carbocycles. The number of thiol groups is 1. The summed E-state index contributed by atoms with van der Waals surface area (Å²) in [7, 11) is -0.431. The second-order valence-corrected chi connectivity index (χ2v) is 6.74. The maximum Gasteiger partial charge on any atom is 0.491 e. The summed E-state index contributed by atoms with van der Waals surface area (Å²) >= 11 is 4.39. The van der Waals surface area contributed by atoms with E-state index >= 15 is 0 Å². The number of nitrogens with two attached hydrogens (primary N) is 1. The largest absolute Gasteiger partial charge is 0.491 e. The van der Waals surface area contributed by atoms with Crippen LogP contribution in [-0.2, 0) is 9.31 Å². The van der Waals surface area contributed by atoms with Crippen molar-refractivity contribution in [3.05, 3.63) is 34.8 Å². The molecule has 1 saturated heterocycles. The molecule has 1 fully saturated rings. The Bertz CT molecular complexity index is 634. The lowest BCUT2D eigenvalue weighted by Gasteiger charge is -2.32. The van der Waals surface area contributed by atoms with Gasteiger partial charge in [0.25, 0.3) is 0 Å². The van der Waals surface area contributed by atoms with Crippen molar-refractivity contribution in [1.29, 1.82) is 5.26 Å². The van der Waals surface area contributed by atoms with Gasteiger partial charge in [-0.3, -0.25) is 0 Å². The Hall–Kier alpha value is -1.42. The highest BCUT2D eigenvalue weighted by atomic mass is 32.1. The number of hydrogen-bond acceptors (Lipinski definition) is 5. The van der Waals surface area contributed by atoms with Crippen molar-refractivity contribution >= 4 is 31.5 Å². The summed E-state index contributed by atoms with van der Waals surface area (Å²) in [4.78, 5) is 0. The molecule has 22 heavy (non-hydrogen) atoms. The van der Waals surface area contributed by atoms with Crippen molar-refractivity contribution in [2.24, 2.45) is 0 Å². The van der Waals surface area contributed by atoms with E-state index in [1.165, 1.54) is 0 Å². The van der Waals surface area contributed by atoms with Crippen molar-refractivity contribution in [3.8, 4) is 6.07 Å². The molecule has 2 N–H and O–H groups in total. The number of nitrogen functional groups attached to an aromatic ring is 1. The molecule has 1 aliphatic rings.